The lowest BCUT2D eigenvalue weighted by Gasteiger charge is -2.08. The van der Waals surface area contributed by atoms with Gasteiger partial charge >= 0.3 is 0 Å². The number of anilines is 2. The molecule has 0 aliphatic rings. The highest BCUT2D eigenvalue weighted by Crippen LogP contribution is 2.18. The van der Waals surface area contributed by atoms with Crippen LogP contribution in [0.1, 0.15) is 35.0 Å². The standard InChI is InChI=1S/C23H24N2O3S/c1-2-28-20-14-12-19(13-15-20)25-23(27)17-8-10-18(11-9-17)24-22(26)7-3-5-21-6-4-16-29-21/h4,6,8-16H,2-3,5,7H2,1H3,(H,24,26)(H,25,27). The molecule has 0 bridgehead atoms. The maximum atomic E-state index is 12.4. The van der Waals surface area contributed by atoms with Gasteiger partial charge in [0.15, 0.2) is 0 Å². The summed E-state index contributed by atoms with van der Waals surface area (Å²) in [5.74, 6) is 0.539. The number of thiophene rings is 1. The fourth-order valence-corrected chi connectivity index (χ4v) is 3.56. The van der Waals surface area contributed by atoms with Gasteiger partial charge in [-0.2, -0.15) is 0 Å². The van der Waals surface area contributed by atoms with E-state index in [1.807, 2.05) is 30.5 Å². The Labute approximate surface area is 174 Å². The molecule has 0 spiro atoms. The van der Waals surface area contributed by atoms with Gasteiger partial charge in [-0.15, -0.1) is 11.3 Å². The van der Waals surface area contributed by atoms with Gasteiger partial charge < -0.3 is 15.4 Å². The zero-order valence-corrected chi connectivity index (χ0v) is 17.1. The molecule has 3 rings (SSSR count). The number of hydrogen-bond donors (Lipinski definition) is 2. The van der Waals surface area contributed by atoms with Crippen LogP contribution >= 0.6 is 11.3 Å². The summed E-state index contributed by atoms with van der Waals surface area (Å²) in [5, 5.41) is 7.77. The molecule has 0 fully saturated rings. The Hall–Kier alpha value is -3.12. The number of carbonyl (C=O) groups is 2. The Morgan fingerprint density at radius 2 is 1.62 bits per heavy atom. The minimum atomic E-state index is -0.206. The van der Waals surface area contributed by atoms with Crippen molar-refractivity contribution in [3.05, 3.63) is 76.5 Å². The minimum Gasteiger partial charge on any atom is -0.494 e. The van der Waals surface area contributed by atoms with Gasteiger partial charge in [0.05, 0.1) is 6.61 Å². The lowest BCUT2D eigenvalue weighted by atomic mass is 10.1. The number of benzene rings is 2. The third-order valence-corrected chi connectivity index (χ3v) is 5.20. The largest absolute Gasteiger partial charge is 0.494 e. The molecule has 1 aromatic heterocycles. The van der Waals surface area contributed by atoms with E-state index in [1.165, 1.54) is 4.88 Å². The maximum Gasteiger partial charge on any atom is 0.255 e. The van der Waals surface area contributed by atoms with Gasteiger partial charge in [-0.25, -0.2) is 0 Å². The van der Waals surface area contributed by atoms with Gasteiger partial charge in [-0.1, -0.05) is 6.07 Å². The number of hydrogen-bond acceptors (Lipinski definition) is 4. The molecule has 0 radical (unpaired) electrons. The van der Waals surface area contributed by atoms with Crippen LogP contribution in [0.3, 0.4) is 0 Å². The molecule has 0 aliphatic heterocycles. The summed E-state index contributed by atoms with van der Waals surface area (Å²) in [7, 11) is 0. The second-order valence-electron chi connectivity index (χ2n) is 6.47. The van der Waals surface area contributed by atoms with Gasteiger partial charge in [0, 0.05) is 28.2 Å². The van der Waals surface area contributed by atoms with Crippen molar-refractivity contribution in [2.45, 2.75) is 26.2 Å². The molecule has 3 aromatic rings. The van der Waals surface area contributed by atoms with E-state index >= 15 is 0 Å². The summed E-state index contributed by atoms with van der Waals surface area (Å²) in [4.78, 5) is 25.8. The second-order valence-corrected chi connectivity index (χ2v) is 7.50. The van der Waals surface area contributed by atoms with Crippen molar-refractivity contribution in [2.24, 2.45) is 0 Å². The first kappa shape index (κ1) is 20.6. The summed E-state index contributed by atoms with van der Waals surface area (Å²) in [6, 6.07) is 18.2. The van der Waals surface area contributed by atoms with Crippen molar-refractivity contribution in [1.29, 1.82) is 0 Å². The van der Waals surface area contributed by atoms with E-state index in [1.54, 1.807) is 47.7 Å². The van der Waals surface area contributed by atoms with Gasteiger partial charge in [0.25, 0.3) is 5.91 Å². The highest BCUT2D eigenvalue weighted by Gasteiger charge is 2.08. The van der Waals surface area contributed by atoms with E-state index in [9.17, 15) is 9.59 Å². The maximum absolute atomic E-state index is 12.4. The molecule has 6 heteroatoms. The molecule has 0 atom stereocenters. The molecule has 0 saturated carbocycles. The van der Waals surface area contributed by atoms with Gasteiger partial charge in [-0.3, -0.25) is 9.59 Å². The predicted molar refractivity (Wildman–Crippen MR) is 118 cm³/mol. The first-order valence-electron chi connectivity index (χ1n) is 9.60. The highest BCUT2D eigenvalue weighted by atomic mass is 32.1. The number of aryl methyl sites for hydroxylation is 1. The molecule has 1 heterocycles. The monoisotopic (exact) mass is 408 g/mol. The Morgan fingerprint density at radius 1 is 0.931 bits per heavy atom. The molecule has 150 valence electrons. The summed E-state index contributed by atoms with van der Waals surface area (Å²) < 4.78 is 5.39. The van der Waals surface area contributed by atoms with Crippen LogP contribution < -0.4 is 15.4 Å². The van der Waals surface area contributed by atoms with Gasteiger partial charge in [-0.05, 0) is 79.7 Å². The second kappa shape index (κ2) is 10.4. The average Bonchev–Trinajstić information content (AvgIpc) is 3.24. The Morgan fingerprint density at radius 3 is 2.28 bits per heavy atom. The Bertz CT molecular complexity index is 920. The summed E-state index contributed by atoms with van der Waals surface area (Å²) in [6.45, 7) is 2.52. The third kappa shape index (κ3) is 6.47. The first-order chi connectivity index (χ1) is 14.1. The summed E-state index contributed by atoms with van der Waals surface area (Å²) in [5.41, 5.74) is 1.90. The quantitative estimate of drug-likeness (QED) is 0.501. The van der Waals surface area contributed by atoms with Crippen LogP contribution in [0, 0.1) is 0 Å². The fraction of sp³-hybridized carbons (Fsp3) is 0.217. The van der Waals surface area contributed by atoms with Crippen LogP contribution in [0.4, 0.5) is 11.4 Å². The van der Waals surface area contributed by atoms with Crippen LogP contribution in [0.15, 0.2) is 66.0 Å². The van der Waals surface area contributed by atoms with Crippen LogP contribution in [-0.2, 0) is 11.2 Å². The molecular formula is C23H24N2O3S. The van der Waals surface area contributed by atoms with Crippen molar-refractivity contribution >= 4 is 34.5 Å². The molecule has 0 aliphatic carbocycles. The Kier molecular flexibility index (Phi) is 7.41. The SMILES string of the molecule is CCOc1ccc(NC(=O)c2ccc(NC(=O)CCCc3cccs3)cc2)cc1. The van der Waals surface area contributed by atoms with Crippen molar-refractivity contribution < 1.29 is 14.3 Å². The molecule has 29 heavy (non-hydrogen) atoms. The topological polar surface area (TPSA) is 67.4 Å². The molecular weight excluding hydrogens is 384 g/mol. The van der Waals surface area contributed by atoms with E-state index < -0.39 is 0 Å². The van der Waals surface area contributed by atoms with Crippen molar-refractivity contribution in [3.8, 4) is 5.75 Å². The molecule has 0 saturated heterocycles. The first-order valence-corrected chi connectivity index (χ1v) is 10.5. The predicted octanol–water partition coefficient (Wildman–Crippen LogP) is 5.36. The van der Waals surface area contributed by atoms with Gasteiger partial charge in [0.1, 0.15) is 5.75 Å². The number of nitrogens with one attached hydrogen (secondary N) is 2. The van der Waals surface area contributed by atoms with Crippen molar-refractivity contribution in [2.75, 3.05) is 17.2 Å². The number of carbonyl (C=O) groups excluding carboxylic acids is 2. The van der Waals surface area contributed by atoms with E-state index in [2.05, 4.69) is 16.7 Å². The van der Waals surface area contributed by atoms with Crippen LogP contribution in [-0.4, -0.2) is 18.4 Å². The number of rotatable bonds is 9. The van der Waals surface area contributed by atoms with Crippen molar-refractivity contribution in [3.63, 3.8) is 0 Å². The smallest absolute Gasteiger partial charge is 0.255 e. The Balaban J connectivity index is 1.47. The van der Waals surface area contributed by atoms with E-state index in [0.29, 0.717) is 30.0 Å². The highest BCUT2D eigenvalue weighted by molar-refractivity contribution is 7.09. The van der Waals surface area contributed by atoms with E-state index in [0.717, 1.165) is 18.6 Å². The van der Waals surface area contributed by atoms with Crippen molar-refractivity contribution in [1.82, 2.24) is 0 Å². The zero-order valence-electron chi connectivity index (χ0n) is 16.3. The van der Waals surface area contributed by atoms with E-state index in [4.69, 9.17) is 4.74 Å². The van der Waals surface area contributed by atoms with Crippen LogP contribution in [0.2, 0.25) is 0 Å². The zero-order chi connectivity index (χ0) is 20.5. The normalized spacial score (nSPS) is 10.4. The average molecular weight is 409 g/mol. The molecule has 2 aromatic carbocycles. The molecule has 2 N–H and O–H groups in total. The van der Waals surface area contributed by atoms with Crippen LogP contribution in [0.25, 0.3) is 0 Å². The number of ether oxygens (including phenoxy) is 1. The van der Waals surface area contributed by atoms with Crippen LogP contribution in [0.5, 0.6) is 5.75 Å². The molecule has 0 unspecified atom stereocenters. The molecule has 5 nitrogen and oxygen atoms in total. The fourth-order valence-electron chi connectivity index (χ4n) is 2.81. The van der Waals surface area contributed by atoms with E-state index in [-0.39, 0.29) is 11.8 Å². The third-order valence-electron chi connectivity index (χ3n) is 4.26. The summed E-state index contributed by atoms with van der Waals surface area (Å²) >= 11 is 1.71. The molecule has 2 amide bonds. The summed E-state index contributed by atoms with van der Waals surface area (Å²) in [6.07, 6.45) is 2.20. The lowest BCUT2D eigenvalue weighted by Crippen LogP contribution is -2.13. The minimum absolute atomic E-state index is 0.0202. The lowest BCUT2D eigenvalue weighted by molar-refractivity contribution is -0.116. The van der Waals surface area contributed by atoms with Gasteiger partial charge in [0.2, 0.25) is 5.91 Å². The number of amides is 2.